The van der Waals surface area contributed by atoms with Gasteiger partial charge in [0, 0.05) is 22.5 Å². The fraction of sp³-hybridized carbons (Fsp3) is 0.185. The molecule has 2 unspecified atom stereocenters. The molecule has 1 heteroatoms. The Bertz CT molecular complexity index is 2890. The minimum atomic E-state index is -0.0746. The zero-order valence-corrected chi connectivity index (χ0v) is 32.1. The summed E-state index contributed by atoms with van der Waals surface area (Å²) in [7, 11) is 0. The molecule has 3 aliphatic rings. The molecule has 0 aliphatic heterocycles. The van der Waals surface area contributed by atoms with Gasteiger partial charge in [-0.2, -0.15) is 0 Å². The SMILES string of the molecule is CC1(C)c2ccccc2-c2ccc(N(c3ccc(-c4ccc5c(ccc6ccc7ccccc7c65)c4)cc3)c3ccc4c(c3)C3CCC=CC3C4(C)C)cc21. The maximum Gasteiger partial charge on any atom is 0.0465 e. The molecule has 0 N–H and O–H groups in total. The molecule has 0 heterocycles. The summed E-state index contributed by atoms with van der Waals surface area (Å²) in [5.41, 5.74) is 14.7. The minimum absolute atomic E-state index is 0.0746. The summed E-state index contributed by atoms with van der Waals surface area (Å²) in [5.74, 6) is 1.12. The standard InChI is InChI=1S/C54H45N/c1-53(2)49-16-10-8-14-45(49)47-32-40(27-30-50(47)53)55(41-26-29-46-44-13-7-9-15-48(44)54(3,4)51(46)33-41)39-24-21-34(22-25-39)37-23-28-43-38(31-37)20-19-36-18-17-35-11-5-6-12-42(35)52(36)43/h5-7,9-13,15-33,45,49H,8,14H2,1-4H3. The Balaban J connectivity index is 1.03. The van der Waals surface area contributed by atoms with Crippen LogP contribution in [0.1, 0.15) is 68.7 Å². The fourth-order valence-corrected chi connectivity index (χ4v) is 10.8. The average molecular weight is 708 g/mol. The van der Waals surface area contributed by atoms with Crippen molar-refractivity contribution in [2.45, 2.75) is 57.3 Å². The molecule has 55 heavy (non-hydrogen) atoms. The maximum absolute atomic E-state index is 2.53. The van der Waals surface area contributed by atoms with Gasteiger partial charge in [0.2, 0.25) is 0 Å². The molecule has 11 rings (SSSR count). The Kier molecular flexibility index (Phi) is 6.97. The van der Waals surface area contributed by atoms with Gasteiger partial charge in [-0.25, -0.2) is 0 Å². The van der Waals surface area contributed by atoms with Crippen LogP contribution in [0, 0.1) is 5.92 Å². The van der Waals surface area contributed by atoms with Crippen molar-refractivity contribution >= 4 is 49.4 Å². The van der Waals surface area contributed by atoms with Gasteiger partial charge < -0.3 is 4.90 Å². The topological polar surface area (TPSA) is 3.24 Å². The van der Waals surface area contributed by atoms with Crippen LogP contribution in [-0.2, 0) is 10.8 Å². The molecule has 8 aromatic rings. The highest BCUT2D eigenvalue weighted by atomic mass is 15.1. The fourth-order valence-electron chi connectivity index (χ4n) is 10.8. The van der Waals surface area contributed by atoms with Crippen molar-refractivity contribution in [1.29, 1.82) is 0 Å². The first-order valence-electron chi connectivity index (χ1n) is 20.1. The Hall–Kier alpha value is -5.92. The number of fused-ring (bicyclic) bond motifs is 11. The summed E-state index contributed by atoms with van der Waals surface area (Å²) in [6.07, 6.45) is 7.29. The summed E-state index contributed by atoms with van der Waals surface area (Å²) >= 11 is 0. The molecule has 2 atom stereocenters. The molecular weight excluding hydrogens is 663 g/mol. The highest BCUT2D eigenvalue weighted by Gasteiger charge is 2.45. The van der Waals surface area contributed by atoms with Gasteiger partial charge >= 0.3 is 0 Å². The summed E-state index contributed by atoms with van der Waals surface area (Å²) in [4.78, 5) is 2.50. The quantitative estimate of drug-likeness (QED) is 0.130. The van der Waals surface area contributed by atoms with Crippen molar-refractivity contribution in [3.8, 4) is 22.3 Å². The Morgan fingerprint density at radius 2 is 1.18 bits per heavy atom. The van der Waals surface area contributed by atoms with Crippen molar-refractivity contribution in [1.82, 2.24) is 0 Å². The Morgan fingerprint density at radius 3 is 2.05 bits per heavy atom. The first kappa shape index (κ1) is 32.5. The third-order valence-corrected chi connectivity index (χ3v) is 13.7. The molecule has 0 bridgehead atoms. The van der Waals surface area contributed by atoms with Gasteiger partial charge in [-0.1, -0.05) is 149 Å². The van der Waals surface area contributed by atoms with E-state index in [1.807, 2.05) is 0 Å². The van der Waals surface area contributed by atoms with E-state index in [1.54, 1.807) is 0 Å². The van der Waals surface area contributed by atoms with Gasteiger partial charge in [-0.05, 0) is 149 Å². The van der Waals surface area contributed by atoms with Crippen molar-refractivity contribution in [2.24, 2.45) is 5.92 Å². The summed E-state index contributed by atoms with van der Waals surface area (Å²) in [6, 6.07) is 57.5. The molecule has 0 radical (unpaired) electrons. The second-order valence-electron chi connectivity index (χ2n) is 17.3. The largest absolute Gasteiger partial charge is 0.310 e. The summed E-state index contributed by atoms with van der Waals surface area (Å²) in [5, 5.41) is 7.79. The predicted octanol–water partition coefficient (Wildman–Crippen LogP) is 14.9. The van der Waals surface area contributed by atoms with E-state index in [4.69, 9.17) is 0 Å². The van der Waals surface area contributed by atoms with E-state index in [0.717, 1.165) is 6.42 Å². The first-order chi connectivity index (χ1) is 26.8. The molecule has 0 aromatic heterocycles. The third kappa shape index (κ3) is 4.78. The number of rotatable bonds is 4. The van der Waals surface area contributed by atoms with Gasteiger partial charge in [0.1, 0.15) is 0 Å². The number of hydrogen-bond acceptors (Lipinski definition) is 1. The van der Waals surface area contributed by atoms with Crippen LogP contribution in [0.3, 0.4) is 0 Å². The molecule has 0 spiro atoms. The van der Waals surface area contributed by atoms with Crippen LogP contribution in [0.25, 0.3) is 54.6 Å². The number of allylic oxidation sites excluding steroid dienone is 2. The van der Waals surface area contributed by atoms with Crippen LogP contribution in [-0.4, -0.2) is 0 Å². The van der Waals surface area contributed by atoms with Gasteiger partial charge in [-0.3, -0.25) is 0 Å². The molecule has 8 aromatic carbocycles. The Morgan fingerprint density at radius 1 is 0.509 bits per heavy atom. The zero-order valence-electron chi connectivity index (χ0n) is 32.1. The lowest BCUT2D eigenvalue weighted by Gasteiger charge is -2.31. The highest BCUT2D eigenvalue weighted by molar-refractivity contribution is 6.20. The lowest BCUT2D eigenvalue weighted by molar-refractivity contribution is 0.347. The average Bonchev–Trinajstić information content (AvgIpc) is 3.59. The molecule has 0 saturated heterocycles. The van der Waals surface area contributed by atoms with Gasteiger partial charge in [0.05, 0.1) is 0 Å². The van der Waals surface area contributed by atoms with Gasteiger partial charge in [-0.15, -0.1) is 0 Å². The lowest BCUT2D eigenvalue weighted by atomic mass is 9.73. The summed E-state index contributed by atoms with van der Waals surface area (Å²) < 4.78 is 0. The van der Waals surface area contributed by atoms with Crippen LogP contribution in [0.5, 0.6) is 0 Å². The van der Waals surface area contributed by atoms with Gasteiger partial charge in [0.25, 0.3) is 0 Å². The number of benzene rings is 8. The van der Waals surface area contributed by atoms with Crippen LogP contribution in [0.2, 0.25) is 0 Å². The van der Waals surface area contributed by atoms with Crippen LogP contribution in [0.15, 0.2) is 164 Å². The normalized spacial score (nSPS) is 18.6. The first-order valence-corrected chi connectivity index (χ1v) is 20.1. The monoisotopic (exact) mass is 707 g/mol. The molecule has 0 saturated carbocycles. The molecule has 0 amide bonds. The Labute approximate surface area is 324 Å². The predicted molar refractivity (Wildman–Crippen MR) is 234 cm³/mol. The third-order valence-electron chi connectivity index (χ3n) is 13.7. The van der Waals surface area contributed by atoms with E-state index >= 15 is 0 Å². The van der Waals surface area contributed by atoms with Crippen LogP contribution in [0.4, 0.5) is 17.1 Å². The highest BCUT2D eigenvalue weighted by Crippen LogP contribution is 2.56. The maximum atomic E-state index is 2.53. The van der Waals surface area contributed by atoms with E-state index in [9.17, 15) is 0 Å². The van der Waals surface area contributed by atoms with Crippen molar-refractivity contribution in [3.63, 3.8) is 0 Å². The van der Waals surface area contributed by atoms with E-state index < -0.39 is 0 Å². The van der Waals surface area contributed by atoms with E-state index in [0.29, 0.717) is 11.8 Å². The molecule has 0 fully saturated rings. The van der Waals surface area contributed by atoms with Crippen molar-refractivity contribution in [3.05, 3.63) is 186 Å². The van der Waals surface area contributed by atoms with Crippen molar-refractivity contribution in [2.75, 3.05) is 4.90 Å². The molecule has 3 aliphatic carbocycles. The van der Waals surface area contributed by atoms with Crippen LogP contribution >= 0.6 is 0 Å². The van der Waals surface area contributed by atoms with E-state index in [1.165, 1.54) is 100 Å². The summed E-state index contributed by atoms with van der Waals surface area (Å²) in [6.45, 7) is 9.65. The second-order valence-corrected chi connectivity index (χ2v) is 17.3. The van der Waals surface area contributed by atoms with Gasteiger partial charge in [0.15, 0.2) is 0 Å². The number of nitrogens with zero attached hydrogens (tertiary/aromatic N) is 1. The lowest BCUT2D eigenvalue weighted by Crippen LogP contribution is -2.25. The second kappa shape index (κ2) is 11.8. The zero-order chi connectivity index (χ0) is 37.1. The smallest absolute Gasteiger partial charge is 0.0465 e. The molecular formula is C54H45N. The van der Waals surface area contributed by atoms with Crippen molar-refractivity contribution < 1.29 is 0 Å². The number of anilines is 3. The molecule has 1 nitrogen and oxygen atoms in total. The minimum Gasteiger partial charge on any atom is -0.310 e. The van der Waals surface area contributed by atoms with E-state index in [2.05, 4.69) is 196 Å². The van der Waals surface area contributed by atoms with E-state index in [-0.39, 0.29) is 10.8 Å². The number of hydrogen-bond donors (Lipinski definition) is 0. The molecule has 266 valence electrons. The van der Waals surface area contributed by atoms with Crippen LogP contribution < -0.4 is 4.90 Å².